The van der Waals surface area contributed by atoms with Gasteiger partial charge in [0, 0.05) is 18.8 Å². The lowest BCUT2D eigenvalue weighted by atomic mass is 10.1. The number of halogens is 3. The zero-order valence-corrected chi connectivity index (χ0v) is 10.3. The third-order valence-electron chi connectivity index (χ3n) is 2.25. The Kier molecular flexibility index (Phi) is 3.17. The minimum Gasteiger partial charge on any atom is -0.298 e. The molecule has 1 aromatic carbocycles. The van der Waals surface area contributed by atoms with Crippen molar-refractivity contribution >= 4 is 29.5 Å². The van der Waals surface area contributed by atoms with Gasteiger partial charge in [-0.25, -0.2) is 4.39 Å². The molecule has 0 bridgehead atoms. The molecule has 0 N–H and O–H groups in total. The quantitative estimate of drug-likeness (QED) is 0.621. The van der Waals surface area contributed by atoms with Crippen LogP contribution < -0.4 is 0 Å². The van der Waals surface area contributed by atoms with Gasteiger partial charge in [-0.2, -0.15) is 5.10 Å². The fraction of sp³-hybridized carbons (Fsp3) is 0.0909. The van der Waals surface area contributed by atoms with Gasteiger partial charge < -0.3 is 0 Å². The largest absolute Gasteiger partial charge is 0.298 e. The molecule has 3 nitrogen and oxygen atoms in total. The van der Waals surface area contributed by atoms with Gasteiger partial charge >= 0.3 is 0 Å². The summed E-state index contributed by atoms with van der Waals surface area (Å²) in [5, 5.41) is 4.26. The van der Waals surface area contributed by atoms with Gasteiger partial charge in [-0.05, 0) is 12.1 Å². The number of rotatable bonds is 2. The third kappa shape index (κ3) is 2.18. The smallest absolute Gasteiger partial charge is 0.153 e. The Morgan fingerprint density at radius 3 is 2.71 bits per heavy atom. The molecule has 0 saturated heterocycles. The Bertz CT molecular complexity index is 595. The second kappa shape index (κ2) is 4.47. The summed E-state index contributed by atoms with van der Waals surface area (Å²) in [7, 11) is 1.66. The van der Waals surface area contributed by atoms with Crippen LogP contribution in [0.25, 0.3) is 11.3 Å². The van der Waals surface area contributed by atoms with Crippen molar-refractivity contribution in [3.05, 3.63) is 39.8 Å². The lowest BCUT2D eigenvalue weighted by Crippen LogP contribution is -1.90. The lowest BCUT2D eigenvalue weighted by molar-refractivity contribution is 0.112. The van der Waals surface area contributed by atoms with E-state index >= 15 is 0 Å². The Hall–Kier alpha value is -1.39. The second-order valence-electron chi connectivity index (χ2n) is 3.47. The highest BCUT2D eigenvalue weighted by molar-refractivity contribution is 6.36. The van der Waals surface area contributed by atoms with Crippen LogP contribution in [0.5, 0.6) is 0 Å². The summed E-state index contributed by atoms with van der Waals surface area (Å²) < 4.78 is 14.8. The van der Waals surface area contributed by atoms with Crippen molar-refractivity contribution in [1.82, 2.24) is 9.78 Å². The molecule has 0 atom stereocenters. The molecule has 2 rings (SSSR count). The highest BCUT2D eigenvalue weighted by atomic mass is 35.5. The van der Waals surface area contributed by atoms with E-state index < -0.39 is 5.82 Å². The summed E-state index contributed by atoms with van der Waals surface area (Å²) in [5.74, 6) is -0.603. The fourth-order valence-corrected chi connectivity index (χ4v) is 1.98. The number of benzene rings is 1. The number of carbonyl (C=O) groups excluding carboxylic acids is 1. The van der Waals surface area contributed by atoms with Crippen LogP contribution in [0.3, 0.4) is 0 Å². The second-order valence-corrected chi connectivity index (χ2v) is 4.29. The standard InChI is InChI=1S/C11H7Cl2FN2O/c1-16-4-6(5-17)11(15-16)7-2-10(14)9(13)3-8(7)12/h2-5H,1H3. The summed E-state index contributed by atoms with van der Waals surface area (Å²) in [4.78, 5) is 10.9. The molecule has 0 aliphatic rings. The number of aromatic nitrogens is 2. The van der Waals surface area contributed by atoms with Gasteiger partial charge in [0.1, 0.15) is 11.5 Å². The summed E-state index contributed by atoms with van der Waals surface area (Å²) >= 11 is 11.6. The van der Waals surface area contributed by atoms with Crippen LogP contribution in [0.1, 0.15) is 10.4 Å². The molecule has 1 aromatic heterocycles. The van der Waals surface area contributed by atoms with Gasteiger partial charge in [0.25, 0.3) is 0 Å². The van der Waals surface area contributed by atoms with Gasteiger partial charge in [-0.1, -0.05) is 23.2 Å². The first kappa shape index (κ1) is 12.1. The van der Waals surface area contributed by atoms with Crippen molar-refractivity contribution in [2.24, 2.45) is 7.05 Å². The van der Waals surface area contributed by atoms with Crippen LogP contribution in [0.2, 0.25) is 10.0 Å². The van der Waals surface area contributed by atoms with E-state index in [4.69, 9.17) is 23.2 Å². The van der Waals surface area contributed by atoms with Gasteiger partial charge in [-0.15, -0.1) is 0 Å². The van der Waals surface area contributed by atoms with Crippen LogP contribution >= 0.6 is 23.2 Å². The topological polar surface area (TPSA) is 34.9 Å². The number of nitrogens with zero attached hydrogens (tertiary/aromatic N) is 2. The van der Waals surface area contributed by atoms with Crippen LogP contribution in [-0.4, -0.2) is 16.1 Å². The highest BCUT2D eigenvalue weighted by Crippen LogP contribution is 2.32. The number of hydrogen-bond donors (Lipinski definition) is 0. The van der Waals surface area contributed by atoms with E-state index in [1.54, 1.807) is 7.05 Å². The maximum Gasteiger partial charge on any atom is 0.153 e. The summed E-state index contributed by atoms with van der Waals surface area (Å²) in [6.45, 7) is 0. The molecular formula is C11H7Cl2FN2O. The van der Waals surface area contributed by atoms with Crippen molar-refractivity contribution < 1.29 is 9.18 Å². The van der Waals surface area contributed by atoms with Crippen molar-refractivity contribution in [1.29, 1.82) is 0 Å². The summed E-state index contributed by atoms with van der Waals surface area (Å²) in [6, 6.07) is 2.46. The molecule has 0 radical (unpaired) electrons. The van der Waals surface area contributed by atoms with E-state index in [2.05, 4.69) is 5.10 Å². The minimum atomic E-state index is -0.603. The van der Waals surface area contributed by atoms with Gasteiger partial charge in [-0.3, -0.25) is 9.48 Å². The monoisotopic (exact) mass is 272 g/mol. The lowest BCUT2D eigenvalue weighted by Gasteiger charge is -2.03. The molecule has 0 aliphatic carbocycles. The molecule has 0 saturated carbocycles. The molecule has 17 heavy (non-hydrogen) atoms. The summed E-state index contributed by atoms with van der Waals surface area (Å²) in [6.07, 6.45) is 2.18. The van der Waals surface area contributed by atoms with E-state index in [0.29, 0.717) is 23.1 Å². The minimum absolute atomic E-state index is 0.0673. The molecule has 0 fully saturated rings. The molecule has 0 unspecified atom stereocenters. The predicted molar refractivity (Wildman–Crippen MR) is 64.0 cm³/mol. The molecule has 0 aliphatic heterocycles. The first-order valence-electron chi connectivity index (χ1n) is 4.66. The van der Waals surface area contributed by atoms with Gasteiger partial charge in [0.2, 0.25) is 0 Å². The Balaban J connectivity index is 2.67. The molecule has 1 heterocycles. The normalized spacial score (nSPS) is 10.6. The number of aryl methyl sites for hydroxylation is 1. The van der Waals surface area contributed by atoms with E-state index in [1.807, 2.05) is 0 Å². The predicted octanol–water partition coefficient (Wildman–Crippen LogP) is 3.35. The maximum absolute atomic E-state index is 13.4. The van der Waals surface area contributed by atoms with E-state index in [1.165, 1.54) is 23.0 Å². The fourth-order valence-electron chi connectivity index (χ4n) is 1.51. The van der Waals surface area contributed by atoms with Crippen molar-refractivity contribution in [3.8, 4) is 11.3 Å². The number of hydrogen-bond acceptors (Lipinski definition) is 2. The average Bonchev–Trinajstić information content (AvgIpc) is 2.64. The van der Waals surface area contributed by atoms with Crippen LogP contribution in [0.4, 0.5) is 4.39 Å². The Morgan fingerprint density at radius 1 is 1.35 bits per heavy atom. The molecule has 6 heteroatoms. The zero-order valence-electron chi connectivity index (χ0n) is 8.75. The first-order chi connectivity index (χ1) is 8.02. The van der Waals surface area contributed by atoms with Gasteiger partial charge in [0.15, 0.2) is 6.29 Å². The highest BCUT2D eigenvalue weighted by Gasteiger charge is 2.15. The summed E-state index contributed by atoms with van der Waals surface area (Å²) in [5.41, 5.74) is 1.02. The van der Waals surface area contributed by atoms with E-state index in [9.17, 15) is 9.18 Å². The maximum atomic E-state index is 13.4. The SMILES string of the molecule is Cn1cc(C=O)c(-c2cc(F)c(Cl)cc2Cl)n1. The third-order valence-corrected chi connectivity index (χ3v) is 2.85. The molecular weight excluding hydrogens is 266 g/mol. The Labute approximate surface area is 107 Å². The molecule has 0 amide bonds. The Morgan fingerprint density at radius 2 is 2.06 bits per heavy atom. The zero-order chi connectivity index (χ0) is 12.6. The molecule has 2 aromatic rings. The molecule has 88 valence electrons. The van der Waals surface area contributed by atoms with Crippen LogP contribution in [0, 0.1) is 5.82 Å². The van der Waals surface area contributed by atoms with E-state index in [-0.39, 0.29) is 10.0 Å². The van der Waals surface area contributed by atoms with E-state index in [0.717, 1.165) is 0 Å². The van der Waals surface area contributed by atoms with Crippen molar-refractivity contribution in [2.45, 2.75) is 0 Å². The average molecular weight is 273 g/mol. The van der Waals surface area contributed by atoms with Crippen molar-refractivity contribution in [3.63, 3.8) is 0 Å². The molecule has 0 spiro atoms. The van der Waals surface area contributed by atoms with Gasteiger partial charge in [0.05, 0.1) is 15.6 Å². The first-order valence-corrected chi connectivity index (χ1v) is 5.42. The van der Waals surface area contributed by atoms with Crippen molar-refractivity contribution in [2.75, 3.05) is 0 Å². The van der Waals surface area contributed by atoms with Crippen LogP contribution in [-0.2, 0) is 7.05 Å². The number of aldehydes is 1. The number of carbonyl (C=O) groups is 1. The van der Waals surface area contributed by atoms with Crippen LogP contribution in [0.15, 0.2) is 18.3 Å².